The highest BCUT2D eigenvalue weighted by molar-refractivity contribution is 5.91. The van der Waals surface area contributed by atoms with Crippen molar-refractivity contribution in [1.82, 2.24) is 4.90 Å². The normalized spacial score (nSPS) is 17.1. The number of rotatable bonds is 7. The number of benzene rings is 3. The Labute approximate surface area is 178 Å². The molecule has 0 aliphatic carbocycles. The van der Waals surface area contributed by atoms with Gasteiger partial charge in [-0.05, 0) is 54.1 Å². The topological polar surface area (TPSA) is 66.6 Å². The SMILES string of the molecule is NC(=O)C(c1ccccc1)(c1ccccc1)C1CCN(CCc2ccc(O)cc2)C1. The van der Waals surface area contributed by atoms with Gasteiger partial charge in [0.05, 0.1) is 0 Å². The molecule has 0 aromatic heterocycles. The number of likely N-dealkylation sites (tertiary alicyclic amines) is 1. The molecule has 1 aliphatic rings. The fourth-order valence-electron chi connectivity index (χ4n) is 4.86. The van der Waals surface area contributed by atoms with Crippen molar-refractivity contribution in [3.63, 3.8) is 0 Å². The molecule has 1 fully saturated rings. The van der Waals surface area contributed by atoms with Crippen molar-refractivity contribution >= 4 is 5.91 Å². The van der Waals surface area contributed by atoms with E-state index in [9.17, 15) is 9.90 Å². The molecule has 1 aliphatic heterocycles. The number of primary amides is 1. The molecule has 30 heavy (non-hydrogen) atoms. The van der Waals surface area contributed by atoms with Gasteiger partial charge in [-0.1, -0.05) is 72.8 Å². The van der Waals surface area contributed by atoms with Crippen molar-refractivity contribution in [2.24, 2.45) is 11.7 Å². The summed E-state index contributed by atoms with van der Waals surface area (Å²) in [5.74, 6) is 0.113. The number of carbonyl (C=O) groups is 1. The molecule has 0 radical (unpaired) electrons. The molecule has 0 bridgehead atoms. The number of nitrogens with two attached hydrogens (primary N) is 1. The lowest BCUT2D eigenvalue weighted by Crippen LogP contribution is -2.49. The molecule has 0 spiro atoms. The monoisotopic (exact) mass is 400 g/mol. The van der Waals surface area contributed by atoms with Crippen LogP contribution in [0.4, 0.5) is 0 Å². The van der Waals surface area contributed by atoms with E-state index in [0.29, 0.717) is 0 Å². The Morgan fingerprint density at radius 3 is 2.03 bits per heavy atom. The summed E-state index contributed by atoms with van der Waals surface area (Å²) < 4.78 is 0. The molecule has 4 heteroatoms. The number of phenolic OH excluding ortho intramolecular Hbond substituents is 1. The quantitative estimate of drug-likeness (QED) is 0.635. The molecule has 3 aromatic carbocycles. The summed E-state index contributed by atoms with van der Waals surface area (Å²) >= 11 is 0. The molecule has 1 atom stereocenters. The van der Waals surface area contributed by atoms with E-state index in [1.165, 1.54) is 5.56 Å². The number of phenols is 1. The summed E-state index contributed by atoms with van der Waals surface area (Å²) in [5.41, 5.74) is 8.45. The molecule has 1 unspecified atom stereocenters. The van der Waals surface area contributed by atoms with Crippen LogP contribution in [-0.2, 0) is 16.6 Å². The van der Waals surface area contributed by atoms with Crippen LogP contribution in [0.3, 0.4) is 0 Å². The average Bonchev–Trinajstić information content (AvgIpc) is 3.24. The maximum atomic E-state index is 13.1. The predicted molar refractivity (Wildman–Crippen MR) is 119 cm³/mol. The molecule has 0 saturated carbocycles. The average molecular weight is 401 g/mol. The van der Waals surface area contributed by atoms with Crippen molar-refractivity contribution in [3.05, 3.63) is 102 Å². The lowest BCUT2D eigenvalue weighted by Gasteiger charge is -2.37. The smallest absolute Gasteiger partial charge is 0.232 e. The summed E-state index contributed by atoms with van der Waals surface area (Å²) in [6.45, 7) is 2.68. The molecule has 4 nitrogen and oxygen atoms in total. The van der Waals surface area contributed by atoms with Crippen LogP contribution in [-0.4, -0.2) is 35.5 Å². The minimum Gasteiger partial charge on any atom is -0.508 e. The molecule has 3 aromatic rings. The summed E-state index contributed by atoms with van der Waals surface area (Å²) in [7, 11) is 0. The second kappa shape index (κ2) is 8.72. The number of amides is 1. The summed E-state index contributed by atoms with van der Waals surface area (Å²) in [5, 5.41) is 9.47. The molecule has 3 N–H and O–H groups in total. The second-order valence-electron chi connectivity index (χ2n) is 8.11. The molecule has 4 rings (SSSR count). The van der Waals surface area contributed by atoms with Gasteiger partial charge >= 0.3 is 0 Å². The fourth-order valence-corrected chi connectivity index (χ4v) is 4.86. The van der Waals surface area contributed by atoms with E-state index in [-0.39, 0.29) is 17.6 Å². The van der Waals surface area contributed by atoms with Gasteiger partial charge < -0.3 is 15.7 Å². The van der Waals surface area contributed by atoms with Crippen molar-refractivity contribution < 1.29 is 9.90 Å². The molecular formula is C26H28N2O2. The Hall–Kier alpha value is -3.11. The summed E-state index contributed by atoms with van der Waals surface area (Å²) in [6, 6.07) is 27.3. The lowest BCUT2D eigenvalue weighted by atomic mass is 9.64. The zero-order chi connectivity index (χ0) is 21.0. The Morgan fingerprint density at radius 1 is 0.933 bits per heavy atom. The largest absolute Gasteiger partial charge is 0.508 e. The van der Waals surface area contributed by atoms with E-state index >= 15 is 0 Å². The van der Waals surface area contributed by atoms with Gasteiger partial charge in [-0.3, -0.25) is 4.79 Å². The Balaban J connectivity index is 1.60. The summed E-state index contributed by atoms with van der Waals surface area (Å²) in [4.78, 5) is 15.5. The van der Waals surface area contributed by atoms with Gasteiger partial charge in [0.15, 0.2) is 0 Å². The third-order valence-corrected chi connectivity index (χ3v) is 6.38. The van der Waals surface area contributed by atoms with Gasteiger partial charge in [-0.15, -0.1) is 0 Å². The van der Waals surface area contributed by atoms with Crippen LogP contribution in [0.25, 0.3) is 0 Å². The van der Waals surface area contributed by atoms with Gasteiger partial charge in [-0.25, -0.2) is 0 Å². The Kier molecular flexibility index (Phi) is 5.86. The zero-order valence-corrected chi connectivity index (χ0v) is 17.1. The Bertz CT molecular complexity index is 931. The van der Waals surface area contributed by atoms with Gasteiger partial charge in [-0.2, -0.15) is 0 Å². The van der Waals surface area contributed by atoms with Crippen LogP contribution in [0, 0.1) is 5.92 Å². The van der Waals surface area contributed by atoms with Crippen molar-refractivity contribution in [1.29, 1.82) is 0 Å². The number of hydrogen-bond donors (Lipinski definition) is 2. The maximum Gasteiger partial charge on any atom is 0.232 e. The third-order valence-electron chi connectivity index (χ3n) is 6.38. The number of hydrogen-bond acceptors (Lipinski definition) is 3. The van der Waals surface area contributed by atoms with Crippen molar-refractivity contribution in [3.8, 4) is 5.75 Å². The maximum absolute atomic E-state index is 13.1. The van der Waals surface area contributed by atoms with Crippen LogP contribution in [0.2, 0.25) is 0 Å². The highest BCUT2D eigenvalue weighted by Gasteiger charge is 2.49. The van der Waals surface area contributed by atoms with E-state index in [2.05, 4.69) is 4.90 Å². The van der Waals surface area contributed by atoms with Gasteiger partial charge in [0.2, 0.25) is 5.91 Å². The molecule has 1 heterocycles. The highest BCUT2D eigenvalue weighted by atomic mass is 16.3. The summed E-state index contributed by atoms with van der Waals surface area (Å²) in [6.07, 6.45) is 1.83. The molecule has 1 saturated heterocycles. The minimum absolute atomic E-state index is 0.111. The molecule has 154 valence electrons. The van der Waals surface area contributed by atoms with Gasteiger partial charge in [0.25, 0.3) is 0 Å². The van der Waals surface area contributed by atoms with Crippen molar-refractivity contribution in [2.75, 3.05) is 19.6 Å². The first-order chi connectivity index (χ1) is 14.6. The number of aromatic hydroxyl groups is 1. The van der Waals surface area contributed by atoms with E-state index in [0.717, 1.165) is 43.6 Å². The van der Waals surface area contributed by atoms with Crippen LogP contribution in [0.5, 0.6) is 5.75 Å². The van der Waals surface area contributed by atoms with Crippen LogP contribution in [0.1, 0.15) is 23.1 Å². The van der Waals surface area contributed by atoms with E-state index in [1.807, 2.05) is 72.8 Å². The van der Waals surface area contributed by atoms with Gasteiger partial charge in [0.1, 0.15) is 11.2 Å². The van der Waals surface area contributed by atoms with Crippen LogP contribution >= 0.6 is 0 Å². The van der Waals surface area contributed by atoms with Crippen LogP contribution < -0.4 is 5.73 Å². The number of carbonyl (C=O) groups excluding carboxylic acids is 1. The van der Waals surface area contributed by atoms with E-state index in [1.54, 1.807) is 12.1 Å². The Morgan fingerprint density at radius 2 is 1.50 bits per heavy atom. The standard InChI is InChI=1S/C26H28N2O2/c27-25(30)26(21-7-3-1-4-8-21,22-9-5-2-6-10-22)23-16-18-28(19-23)17-15-20-11-13-24(29)14-12-20/h1-14,23,29H,15-19H2,(H2,27,30). The second-order valence-corrected chi connectivity index (χ2v) is 8.11. The lowest BCUT2D eigenvalue weighted by molar-refractivity contribution is -0.123. The van der Waals surface area contributed by atoms with Gasteiger partial charge in [0, 0.05) is 13.1 Å². The highest BCUT2D eigenvalue weighted by Crippen LogP contribution is 2.43. The van der Waals surface area contributed by atoms with Crippen LogP contribution in [0.15, 0.2) is 84.9 Å². The molecule has 1 amide bonds. The van der Waals surface area contributed by atoms with E-state index in [4.69, 9.17) is 5.73 Å². The first kappa shape index (κ1) is 20.2. The fraction of sp³-hybridized carbons (Fsp3) is 0.269. The van der Waals surface area contributed by atoms with Crippen molar-refractivity contribution in [2.45, 2.75) is 18.3 Å². The number of nitrogens with zero attached hydrogens (tertiary/aromatic N) is 1. The minimum atomic E-state index is -0.837. The van der Waals surface area contributed by atoms with E-state index < -0.39 is 5.41 Å². The predicted octanol–water partition coefficient (Wildman–Crippen LogP) is 3.73. The first-order valence-corrected chi connectivity index (χ1v) is 10.5. The first-order valence-electron chi connectivity index (χ1n) is 10.5. The third kappa shape index (κ3) is 3.83. The zero-order valence-electron chi connectivity index (χ0n) is 17.1. The molecular weight excluding hydrogens is 372 g/mol.